The minimum atomic E-state index is -4.47. The summed E-state index contributed by atoms with van der Waals surface area (Å²) in [4.78, 5) is 0. The SMILES string of the molecule is FC(F)(F)c1cc(COCC2(c3ccccc3)CCNCC2)cc(-c2ccc(Cl)c(Cl)c2)c1. The van der Waals surface area contributed by atoms with E-state index in [4.69, 9.17) is 27.9 Å². The van der Waals surface area contributed by atoms with Gasteiger partial charge in [0, 0.05) is 5.41 Å². The summed E-state index contributed by atoms with van der Waals surface area (Å²) in [6, 6.07) is 19.0. The fourth-order valence-electron chi connectivity index (χ4n) is 4.36. The standard InChI is InChI=1S/C26H24Cl2F3NO/c27-23-7-6-19(15-24(23)28)20-12-18(13-22(14-20)26(29,30)31)16-33-17-25(8-10-32-11-9-25)21-4-2-1-3-5-21/h1-7,12-15,32H,8-11,16-17H2. The fraction of sp³-hybridized carbons (Fsp3) is 0.308. The molecular formula is C26H24Cl2F3NO. The molecule has 7 heteroatoms. The summed E-state index contributed by atoms with van der Waals surface area (Å²) < 4.78 is 46.9. The van der Waals surface area contributed by atoms with Crippen LogP contribution in [0.2, 0.25) is 10.0 Å². The Morgan fingerprint density at radius 1 is 0.848 bits per heavy atom. The maximum absolute atomic E-state index is 13.6. The molecule has 3 aromatic rings. The van der Waals surface area contributed by atoms with Gasteiger partial charge in [0.1, 0.15) is 0 Å². The Hall–Kier alpha value is -2.05. The van der Waals surface area contributed by atoms with Gasteiger partial charge in [-0.2, -0.15) is 13.2 Å². The van der Waals surface area contributed by atoms with Crippen molar-refractivity contribution in [3.05, 3.63) is 93.5 Å². The van der Waals surface area contributed by atoms with E-state index < -0.39 is 11.7 Å². The lowest BCUT2D eigenvalue weighted by Gasteiger charge is -2.38. The van der Waals surface area contributed by atoms with Gasteiger partial charge < -0.3 is 10.1 Å². The molecule has 0 radical (unpaired) electrons. The lowest BCUT2D eigenvalue weighted by molar-refractivity contribution is -0.137. The van der Waals surface area contributed by atoms with Gasteiger partial charge in [0.05, 0.1) is 28.8 Å². The van der Waals surface area contributed by atoms with Crippen molar-refractivity contribution in [2.45, 2.75) is 31.0 Å². The van der Waals surface area contributed by atoms with Gasteiger partial charge in [-0.3, -0.25) is 0 Å². The molecule has 4 rings (SSSR count). The summed E-state index contributed by atoms with van der Waals surface area (Å²) in [5.74, 6) is 0. The average Bonchev–Trinajstić information content (AvgIpc) is 2.81. The van der Waals surface area contributed by atoms with E-state index in [1.54, 1.807) is 24.3 Å². The first-order chi connectivity index (χ1) is 15.8. The van der Waals surface area contributed by atoms with E-state index in [0.717, 1.165) is 38.1 Å². The highest BCUT2D eigenvalue weighted by Crippen LogP contribution is 2.37. The third-order valence-corrected chi connectivity index (χ3v) is 6.91. The topological polar surface area (TPSA) is 21.3 Å². The molecule has 0 aromatic heterocycles. The maximum Gasteiger partial charge on any atom is 0.416 e. The van der Waals surface area contributed by atoms with Gasteiger partial charge in [-0.25, -0.2) is 0 Å². The van der Waals surface area contributed by atoms with E-state index in [0.29, 0.717) is 33.3 Å². The normalized spacial score (nSPS) is 16.0. The number of benzene rings is 3. The van der Waals surface area contributed by atoms with Crippen LogP contribution in [0.25, 0.3) is 11.1 Å². The van der Waals surface area contributed by atoms with Crippen molar-refractivity contribution in [2.24, 2.45) is 0 Å². The highest BCUT2D eigenvalue weighted by atomic mass is 35.5. The van der Waals surface area contributed by atoms with Crippen LogP contribution in [0.15, 0.2) is 66.7 Å². The molecule has 1 saturated heterocycles. The Bertz CT molecular complexity index is 1100. The second-order valence-corrected chi connectivity index (χ2v) is 9.25. The van der Waals surface area contributed by atoms with Crippen LogP contribution in [0.4, 0.5) is 13.2 Å². The first-order valence-corrected chi connectivity index (χ1v) is 11.5. The minimum absolute atomic E-state index is 0.0836. The lowest BCUT2D eigenvalue weighted by atomic mass is 9.74. The van der Waals surface area contributed by atoms with Gasteiger partial charge in [-0.05, 0) is 78.5 Å². The van der Waals surface area contributed by atoms with Gasteiger partial charge in [0.25, 0.3) is 0 Å². The van der Waals surface area contributed by atoms with Crippen LogP contribution in [0, 0.1) is 0 Å². The Balaban J connectivity index is 1.58. The Kier molecular flexibility index (Phi) is 7.34. The van der Waals surface area contributed by atoms with Crippen molar-refractivity contribution >= 4 is 23.2 Å². The summed E-state index contributed by atoms with van der Waals surface area (Å²) in [5, 5.41) is 4.02. The summed E-state index contributed by atoms with van der Waals surface area (Å²) >= 11 is 12.1. The van der Waals surface area contributed by atoms with Crippen LogP contribution in [-0.2, 0) is 22.9 Å². The van der Waals surface area contributed by atoms with Crippen LogP contribution >= 0.6 is 23.2 Å². The van der Waals surface area contributed by atoms with Gasteiger partial charge >= 0.3 is 6.18 Å². The molecule has 1 fully saturated rings. The number of rotatable bonds is 6. The number of hydrogen-bond acceptors (Lipinski definition) is 2. The Morgan fingerprint density at radius 2 is 1.58 bits per heavy atom. The third kappa shape index (κ3) is 5.72. The fourth-order valence-corrected chi connectivity index (χ4v) is 4.66. The zero-order valence-electron chi connectivity index (χ0n) is 17.9. The van der Waals surface area contributed by atoms with Crippen LogP contribution in [0.1, 0.15) is 29.5 Å². The Labute approximate surface area is 201 Å². The summed E-state index contributed by atoms with van der Waals surface area (Å²) in [7, 11) is 0. The van der Waals surface area contributed by atoms with Crippen LogP contribution in [0.5, 0.6) is 0 Å². The number of piperidine rings is 1. The van der Waals surface area contributed by atoms with Crippen LogP contribution < -0.4 is 5.32 Å². The number of halogens is 5. The number of alkyl halides is 3. The molecule has 1 heterocycles. The van der Waals surface area contributed by atoms with E-state index in [2.05, 4.69) is 17.4 Å². The number of ether oxygens (including phenoxy) is 1. The molecule has 174 valence electrons. The molecule has 0 amide bonds. The lowest BCUT2D eigenvalue weighted by Crippen LogP contribution is -2.43. The zero-order chi connectivity index (χ0) is 23.5. The third-order valence-electron chi connectivity index (χ3n) is 6.17. The highest BCUT2D eigenvalue weighted by Gasteiger charge is 2.34. The molecule has 2 nitrogen and oxygen atoms in total. The second kappa shape index (κ2) is 10.1. The van der Waals surface area contributed by atoms with Crippen molar-refractivity contribution in [3.63, 3.8) is 0 Å². The van der Waals surface area contributed by atoms with Crippen molar-refractivity contribution in [2.75, 3.05) is 19.7 Å². The molecule has 0 spiro atoms. The second-order valence-electron chi connectivity index (χ2n) is 8.43. The molecule has 0 atom stereocenters. The predicted molar refractivity (Wildman–Crippen MR) is 127 cm³/mol. The van der Waals surface area contributed by atoms with Gasteiger partial charge in [0.2, 0.25) is 0 Å². The van der Waals surface area contributed by atoms with E-state index in [9.17, 15) is 13.2 Å². The minimum Gasteiger partial charge on any atom is -0.376 e. The molecule has 1 aliphatic rings. The highest BCUT2D eigenvalue weighted by molar-refractivity contribution is 6.42. The van der Waals surface area contributed by atoms with Crippen molar-refractivity contribution in [1.82, 2.24) is 5.32 Å². The first-order valence-electron chi connectivity index (χ1n) is 10.8. The maximum atomic E-state index is 13.6. The van der Waals surface area contributed by atoms with Crippen molar-refractivity contribution in [3.8, 4) is 11.1 Å². The summed E-state index contributed by atoms with van der Waals surface area (Å²) in [5.41, 5.74) is 1.78. The average molecular weight is 494 g/mol. The smallest absolute Gasteiger partial charge is 0.376 e. The Morgan fingerprint density at radius 3 is 2.24 bits per heavy atom. The number of nitrogens with one attached hydrogen (secondary N) is 1. The molecule has 0 unspecified atom stereocenters. The summed E-state index contributed by atoms with van der Waals surface area (Å²) in [6.45, 7) is 2.28. The monoisotopic (exact) mass is 493 g/mol. The van der Waals surface area contributed by atoms with Crippen LogP contribution in [-0.4, -0.2) is 19.7 Å². The van der Waals surface area contributed by atoms with Gasteiger partial charge in [0.15, 0.2) is 0 Å². The molecule has 1 N–H and O–H groups in total. The van der Waals surface area contributed by atoms with E-state index in [1.165, 1.54) is 5.56 Å². The zero-order valence-corrected chi connectivity index (χ0v) is 19.4. The largest absolute Gasteiger partial charge is 0.416 e. The quantitative estimate of drug-likeness (QED) is 0.383. The van der Waals surface area contributed by atoms with Gasteiger partial charge in [-0.15, -0.1) is 0 Å². The molecule has 3 aromatic carbocycles. The summed E-state index contributed by atoms with van der Waals surface area (Å²) in [6.07, 6.45) is -2.65. The predicted octanol–water partition coefficient (Wildman–Crippen LogP) is 7.52. The van der Waals surface area contributed by atoms with E-state index in [-0.39, 0.29) is 12.0 Å². The molecule has 1 aliphatic heterocycles. The molecule has 0 bridgehead atoms. The van der Waals surface area contributed by atoms with Gasteiger partial charge in [-0.1, -0.05) is 59.6 Å². The number of hydrogen-bond donors (Lipinski definition) is 1. The molecule has 33 heavy (non-hydrogen) atoms. The molecule has 0 saturated carbocycles. The first kappa shape index (κ1) is 24.1. The van der Waals surface area contributed by atoms with E-state index in [1.807, 2.05) is 18.2 Å². The van der Waals surface area contributed by atoms with Crippen LogP contribution in [0.3, 0.4) is 0 Å². The molecule has 0 aliphatic carbocycles. The van der Waals surface area contributed by atoms with E-state index >= 15 is 0 Å². The van der Waals surface area contributed by atoms with Crippen molar-refractivity contribution < 1.29 is 17.9 Å². The van der Waals surface area contributed by atoms with Crippen molar-refractivity contribution in [1.29, 1.82) is 0 Å². The molecular weight excluding hydrogens is 470 g/mol.